The summed E-state index contributed by atoms with van der Waals surface area (Å²) < 4.78 is 13.7. The number of thioether (sulfide) groups is 1. The zero-order chi connectivity index (χ0) is 14.7. The van der Waals surface area contributed by atoms with E-state index in [9.17, 15) is 19.1 Å². The largest absolute Gasteiger partial charge is 0.548 e. The van der Waals surface area contributed by atoms with Crippen LogP contribution in [0.15, 0.2) is 24.3 Å². The maximum atomic E-state index is 13.7. The maximum absolute atomic E-state index is 13.7. The van der Waals surface area contributed by atoms with Crippen LogP contribution in [0.25, 0.3) is 0 Å². The highest BCUT2D eigenvalue weighted by Gasteiger charge is 2.38. The molecule has 2 rings (SSSR count). The van der Waals surface area contributed by atoms with Crippen molar-refractivity contribution < 1.29 is 19.1 Å². The smallest absolute Gasteiger partial charge is 0.258 e. The third-order valence-electron chi connectivity index (χ3n) is 3.24. The highest BCUT2D eigenvalue weighted by atomic mass is 32.2. The Morgan fingerprint density at radius 2 is 2.15 bits per heavy atom. The average molecular weight is 296 g/mol. The number of nitrogens with zero attached hydrogens (tertiary/aromatic N) is 1. The van der Waals surface area contributed by atoms with E-state index in [4.69, 9.17) is 0 Å². The molecule has 1 saturated heterocycles. The van der Waals surface area contributed by atoms with E-state index in [2.05, 4.69) is 0 Å². The lowest BCUT2D eigenvalue weighted by Gasteiger charge is -2.30. The van der Waals surface area contributed by atoms with Gasteiger partial charge in [-0.1, -0.05) is 25.5 Å². The number of amides is 1. The fourth-order valence-corrected chi connectivity index (χ4v) is 3.77. The number of rotatable bonds is 4. The van der Waals surface area contributed by atoms with E-state index in [-0.39, 0.29) is 16.7 Å². The predicted molar refractivity (Wildman–Crippen MR) is 72.5 cm³/mol. The van der Waals surface area contributed by atoms with Crippen molar-refractivity contribution in [2.75, 3.05) is 5.75 Å². The lowest BCUT2D eigenvalue weighted by molar-refractivity contribution is -0.310. The molecule has 2 atom stereocenters. The molecule has 1 aliphatic heterocycles. The first-order valence-corrected chi connectivity index (χ1v) is 7.50. The Bertz CT molecular complexity index is 523. The van der Waals surface area contributed by atoms with E-state index >= 15 is 0 Å². The number of carboxylic acids is 1. The molecular formula is C14H15FNO3S-. The first-order chi connectivity index (χ1) is 9.56. The molecule has 0 N–H and O–H groups in total. The quantitative estimate of drug-likeness (QED) is 0.839. The Hall–Kier alpha value is -1.56. The summed E-state index contributed by atoms with van der Waals surface area (Å²) in [5.41, 5.74) is -0.0950. The Balaban J connectivity index is 2.32. The van der Waals surface area contributed by atoms with Gasteiger partial charge in [0.2, 0.25) is 0 Å². The number of benzene rings is 1. The van der Waals surface area contributed by atoms with Crippen molar-refractivity contribution >= 4 is 23.6 Å². The number of carbonyl (C=O) groups is 2. The van der Waals surface area contributed by atoms with E-state index < -0.39 is 23.7 Å². The summed E-state index contributed by atoms with van der Waals surface area (Å²) in [7, 11) is 0. The van der Waals surface area contributed by atoms with Crippen molar-refractivity contribution in [3.05, 3.63) is 35.6 Å². The molecular weight excluding hydrogens is 281 g/mol. The molecule has 6 heteroatoms. The molecule has 0 saturated carbocycles. The van der Waals surface area contributed by atoms with Crippen molar-refractivity contribution in [2.24, 2.45) is 0 Å². The Morgan fingerprint density at radius 1 is 1.45 bits per heavy atom. The zero-order valence-electron chi connectivity index (χ0n) is 11.0. The van der Waals surface area contributed by atoms with Gasteiger partial charge in [-0.05, 0) is 18.6 Å². The third-order valence-corrected chi connectivity index (χ3v) is 4.59. The molecule has 108 valence electrons. The first-order valence-electron chi connectivity index (χ1n) is 6.46. The van der Waals surface area contributed by atoms with Gasteiger partial charge in [0.25, 0.3) is 5.91 Å². The SMILES string of the molecule is CCC[C@@H]1SC[C@@H](C(=O)[O-])N1C(=O)c1ccccc1F. The lowest BCUT2D eigenvalue weighted by Crippen LogP contribution is -2.50. The Morgan fingerprint density at radius 3 is 2.75 bits per heavy atom. The fourth-order valence-electron chi connectivity index (χ4n) is 2.26. The number of hydrogen-bond acceptors (Lipinski definition) is 4. The van der Waals surface area contributed by atoms with Crippen molar-refractivity contribution in [3.63, 3.8) is 0 Å². The standard InChI is InChI=1S/C14H16FNO3S/c1-2-5-12-16(11(8-20-12)14(18)19)13(17)9-6-3-4-7-10(9)15/h3-4,6-7,11-12H,2,5,8H2,1H3,(H,18,19)/p-1/t11-,12-/m0/s1. The van der Waals surface area contributed by atoms with Crippen molar-refractivity contribution in [1.29, 1.82) is 0 Å². The van der Waals surface area contributed by atoms with Gasteiger partial charge in [-0.25, -0.2) is 4.39 Å². The van der Waals surface area contributed by atoms with Gasteiger partial charge in [-0.2, -0.15) is 0 Å². The molecule has 1 heterocycles. The minimum Gasteiger partial charge on any atom is -0.548 e. The van der Waals surface area contributed by atoms with Crippen LogP contribution < -0.4 is 5.11 Å². The summed E-state index contributed by atoms with van der Waals surface area (Å²) in [6.07, 6.45) is 1.49. The van der Waals surface area contributed by atoms with Crippen LogP contribution in [0, 0.1) is 5.82 Å². The topological polar surface area (TPSA) is 60.4 Å². The third kappa shape index (κ3) is 2.80. The van der Waals surface area contributed by atoms with Crippen molar-refractivity contribution in [2.45, 2.75) is 31.2 Å². The summed E-state index contributed by atoms with van der Waals surface area (Å²) in [5.74, 6) is -2.23. The highest BCUT2D eigenvalue weighted by Crippen LogP contribution is 2.33. The van der Waals surface area contributed by atoms with Crippen molar-refractivity contribution in [1.82, 2.24) is 4.90 Å². The Labute approximate surface area is 121 Å². The fraction of sp³-hybridized carbons (Fsp3) is 0.429. The minimum absolute atomic E-state index is 0.0950. The van der Waals surface area contributed by atoms with Gasteiger partial charge in [-0.3, -0.25) is 4.79 Å². The van der Waals surface area contributed by atoms with Crippen LogP contribution in [0.3, 0.4) is 0 Å². The molecule has 1 amide bonds. The summed E-state index contributed by atoms with van der Waals surface area (Å²) in [4.78, 5) is 24.9. The van der Waals surface area contributed by atoms with E-state index in [1.54, 1.807) is 6.07 Å². The van der Waals surface area contributed by atoms with Gasteiger partial charge >= 0.3 is 0 Å². The number of halogens is 1. The van der Waals surface area contributed by atoms with Gasteiger partial charge in [0, 0.05) is 5.75 Å². The minimum atomic E-state index is -1.29. The Kier molecular flexibility index (Phi) is 4.65. The van der Waals surface area contributed by atoms with Crippen LogP contribution in [-0.2, 0) is 4.79 Å². The van der Waals surface area contributed by atoms with Crippen LogP contribution in [0.5, 0.6) is 0 Å². The van der Waals surface area contributed by atoms with Crippen LogP contribution in [0.4, 0.5) is 4.39 Å². The van der Waals surface area contributed by atoms with Crippen LogP contribution in [-0.4, -0.2) is 33.9 Å². The summed E-state index contributed by atoms with van der Waals surface area (Å²) in [5, 5.41) is 10.9. The molecule has 1 fully saturated rings. The van der Waals surface area contributed by atoms with E-state index in [0.717, 1.165) is 6.42 Å². The number of carboxylic acid groups (broad SMARTS) is 1. The molecule has 1 aromatic carbocycles. The molecule has 1 aromatic rings. The van der Waals surface area contributed by atoms with Gasteiger partial charge in [0.05, 0.1) is 22.9 Å². The molecule has 0 bridgehead atoms. The number of carbonyl (C=O) groups excluding carboxylic acids is 2. The van der Waals surface area contributed by atoms with Crippen LogP contribution in [0.1, 0.15) is 30.1 Å². The van der Waals surface area contributed by atoms with E-state index in [0.29, 0.717) is 6.42 Å². The molecule has 20 heavy (non-hydrogen) atoms. The normalized spacial score (nSPS) is 22.0. The predicted octanol–water partition coefficient (Wildman–Crippen LogP) is 1.26. The summed E-state index contributed by atoms with van der Waals surface area (Å²) in [6.45, 7) is 1.96. The van der Waals surface area contributed by atoms with Crippen LogP contribution in [0.2, 0.25) is 0 Å². The van der Waals surface area contributed by atoms with Gasteiger partial charge < -0.3 is 14.8 Å². The monoisotopic (exact) mass is 296 g/mol. The maximum Gasteiger partial charge on any atom is 0.258 e. The van der Waals surface area contributed by atoms with Crippen molar-refractivity contribution in [3.8, 4) is 0 Å². The second-order valence-electron chi connectivity index (χ2n) is 4.60. The van der Waals surface area contributed by atoms with E-state index in [1.807, 2.05) is 6.92 Å². The number of aliphatic carboxylic acids is 1. The average Bonchev–Trinajstić information content (AvgIpc) is 2.83. The molecule has 0 unspecified atom stereocenters. The van der Waals surface area contributed by atoms with Gasteiger partial charge in [0.1, 0.15) is 5.82 Å². The van der Waals surface area contributed by atoms with Crippen LogP contribution >= 0.6 is 11.8 Å². The molecule has 0 spiro atoms. The number of hydrogen-bond donors (Lipinski definition) is 0. The molecule has 1 aliphatic rings. The zero-order valence-corrected chi connectivity index (χ0v) is 11.9. The lowest BCUT2D eigenvalue weighted by atomic mass is 10.1. The molecule has 0 aromatic heterocycles. The summed E-state index contributed by atoms with van der Waals surface area (Å²) in [6, 6.07) is 4.62. The van der Waals surface area contributed by atoms with Gasteiger partial charge in [0.15, 0.2) is 0 Å². The van der Waals surface area contributed by atoms with Gasteiger partial charge in [-0.15, -0.1) is 11.8 Å². The molecule has 0 aliphatic carbocycles. The second kappa shape index (κ2) is 6.26. The highest BCUT2D eigenvalue weighted by molar-refractivity contribution is 8.00. The molecule has 0 radical (unpaired) electrons. The molecule has 4 nitrogen and oxygen atoms in total. The summed E-state index contributed by atoms with van der Waals surface area (Å²) >= 11 is 1.40. The second-order valence-corrected chi connectivity index (χ2v) is 5.81. The van der Waals surface area contributed by atoms with E-state index in [1.165, 1.54) is 34.9 Å². The first kappa shape index (κ1) is 14.8.